The number of hydrogen-bond donors (Lipinski definition) is 0. The normalized spacial score (nSPS) is 42.3. The van der Waals surface area contributed by atoms with Crippen LogP contribution in [0, 0.1) is 34.5 Å². The molecule has 0 aromatic heterocycles. The second kappa shape index (κ2) is 9.72. The fraction of sp³-hybridized carbons (Fsp3) is 0.933. The lowest BCUT2D eigenvalue weighted by Crippen LogP contribution is -2.59. The number of rotatable bonds is 7. The van der Waals surface area contributed by atoms with Crippen LogP contribution in [0.25, 0.3) is 0 Å². The Morgan fingerprint density at radius 2 is 1.47 bits per heavy atom. The third kappa shape index (κ3) is 5.89. The maximum Gasteiger partial charge on any atom is 0.184 e. The molecule has 208 valence electrons. The van der Waals surface area contributed by atoms with Crippen molar-refractivity contribution >= 4 is 25.0 Å². The summed E-state index contributed by atoms with van der Waals surface area (Å²) in [6.45, 7) is 28.9. The van der Waals surface area contributed by atoms with Crippen LogP contribution in [-0.2, 0) is 13.3 Å². The van der Waals surface area contributed by atoms with Crippen molar-refractivity contribution in [1.82, 2.24) is 0 Å². The van der Waals surface area contributed by atoms with Gasteiger partial charge < -0.3 is 13.3 Å². The molecule has 3 fully saturated rings. The van der Waals surface area contributed by atoms with Gasteiger partial charge in [-0.2, -0.15) is 0 Å². The maximum absolute atomic E-state index is 7.23. The van der Waals surface area contributed by atoms with Gasteiger partial charge in [-0.15, -0.1) is 0 Å². The third-order valence-corrected chi connectivity index (χ3v) is 13.3. The third-order valence-electron chi connectivity index (χ3n) is 10.2. The molecule has 0 aromatic rings. The molecule has 4 rings (SSSR count). The molecule has 0 N–H and O–H groups in total. The lowest BCUT2D eigenvalue weighted by atomic mass is 9.45. The minimum Gasteiger partial charge on any atom is -0.415 e. The van der Waals surface area contributed by atoms with Gasteiger partial charge >= 0.3 is 0 Å². The van der Waals surface area contributed by atoms with E-state index in [0.717, 1.165) is 11.8 Å². The quantitative estimate of drug-likeness (QED) is 0.234. The van der Waals surface area contributed by atoms with E-state index < -0.39 is 25.0 Å². The van der Waals surface area contributed by atoms with E-state index in [1.807, 2.05) is 0 Å². The molecule has 0 radical (unpaired) electrons. The second-order valence-corrected chi connectivity index (χ2v) is 29.7. The molecule has 6 heteroatoms. The lowest BCUT2D eigenvalue weighted by molar-refractivity contribution is -0.131. The Morgan fingerprint density at radius 1 is 0.833 bits per heavy atom. The number of hydrogen-bond acceptors (Lipinski definition) is 3. The Labute approximate surface area is 226 Å². The van der Waals surface area contributed by atoms with Gasteiger partial charge in [0.2, 0.25) is 0 Å². The molecule has 0 aromatic carbocycles. The average Bonchev–Trinajstić information content (AvgIpc) is 3.01. The molecule has 9 atom stereocenters. The van der Waals surface area contributed by atoms with Crippen molar-refractivity contribution in [3.8, 4) is 0 Å². The van der Waals surface area contributed by atoms with Crippen LogP contribution in [0.15, 0.2) is 11.6 Å². The summed E-state index contributed by atoms with van der Waals surface area (Å²) in [6.07, 6.45) is 12.7. The highest BCUT2D eigenvalue weighted by Gasteiger charge is 2.63. The Bertz CT molecular complexity index is 838. The van der Waals surface area contributed by atoms with Gasteiger partial charge in [0.25, 0.3) is 0 Å². The Hall–Kier alpha value is 0.271. The Morgan fingerprint density at radius 3 is 2.06 bits per heavy atom. The minimum atomic E-state index is -1.68. The highest BCUT2D eigenvalue weighted by atomic mass is 28.4. The molecule has 0 heterocycles. The van der Waals surface area contributed by atoms with Gasteiger partial charge in [-0.25, -0.2) is 0 Å². The maximum atomic E-state index is 7.23. The van der Waals surface area contributed by atoms with Crippen molar-refractivity contribution in [2.45, 2.75) is 143 Å². The first-order valence-corrected chi connectivity index (χ1v) is 25.3. The Balaban J connectivity index is 1.67. The van der Waals surface area contributed by atoms with E-state index in [1.165, 1.54) is 44.9 Å². The van der Waals surface area contributed by atoms with Crippen molar-refractivity contribution in [2.24, 2.45) is 34.5 Å². The minimum absolute atomic E-state index is 0.270. The smallest absolute Gasteiger partial charge is 0.184 e. The second-order valence-electron chi connectivity index (χ2n) is 16.3. The van der Waals surface area contributed by atoms with E-state index in [9.17, 15) is 0 Å². The number of fused-ring (bicyclic) bond motifs is 5. The first-order chi connectivity index (χ1) is 16.3. The Kier molecular flexibility index (Phi) is 7.90. The summed E-state index contributed by atoms with van der Waals surface area (Å²) in [6, 6.07) is 0. The van der Waals surface area contributed by atoms with E-state index in [0.29, 0.717) is 35.6 Å². The van der Waals surface area contributed by atoms with Crippen molar-refractivity contribution in [3.63, 3.8) is 0 Å². The molecule has 3 unspecified atom stereocenters. The van der Waals surface area contributed by atoms with E-state index in [-0.39, 0.29) is 5.41 Å². The van der Waals surface area contributed by atoms with E-state index >= 15 is 0 Å². The summed E-state index contributed by atoms with van der Waals surface area (Å²) in [5, 5.41) is 0. The predicted molar refractivity (Wildman–Crippen MR) is 161 cm³/mol. The van der Waals surface area contributed by atoms with Crippen LogP contribution >= 0.6 is 0 Å². The summed E-state index contributed by atoms with van der Waals surface area (Å²) >= 11 is 0. The highest BCUT2D eigenvalue weighted by Crippen LogP contribution is 2.68. The van der Waals surface area contributed by atoms with E-state index in [4.69, 9.17) is 13.3 Å². The largest absolute Gasteiger partial charge is 0.415 e. The van der Waals surface area contributed by atoms with Crippen LogP contribution in [0.1, 0.15) is 65.7 Å². The van der Waals surface area contributed by atoms with Gasteiger partial charge in [0.15, 0.2) is 25.0 Å². The van der Waals surface area contributed by atoms with Crippen LogP contribution in [0.4, 0.5) is 0 Å². The first kappa shape index (κ1) is 29.3. The molecule has 0 bridgehead atoms. The van der Waals surface area contributed by atoms with Crippen molar-refractivity contribution in [1.29, 1.82) is 0 Å². The van der Waals surface area contributed by atoms with Crippen LogP contribution in [0.5, 0.6) is 0 Å². The van der Waals surface area contributed by atoms with E-state index in [1.54, 1.807) is 5.57 Å². The topological polar surface area (TPSA) is 27.7 Å². The lowest BCUT2D eigenvalue weighted by Gasteiger charge is -2.62. The van der Waals surface area contributed by atoms with Crippen LogP contribution < -0.4 is 0 Å². The molecule has 4 aliphatic rings. The summed E-state index contributed by atoms with van der Waals surface area (Å²) < 4.78 is 20.6. The molecular formula is C30H58O3Si3. The first-order valence-electron chi connectivity index (χ1n) is 15.1. The molecule has 36 heavy (non-hydrogen) atoms. The molecule has 4 aliphatic carbocycles. The van der Waals surface area contributed by atoms with Crippen LogP contribution in [0.2, 0.25) is 58.9 Å². The molecule has 0 saturated heterocycles. The van der Waals surface area contributed by atoms with E-state index in [2.05, 4.69) is 85.8 Å². The SMILES string of the molecule is C[C@H](O[Si](C)(C)C)[C@H]1CCC2C3CCC4=C[C@@H](O[Si](C)(C)C)CC[C@]4(C)C3[C@@H](O[Si](C)(C)C)C[C@@]21C. The van der Waals surface area contributed by atoms with Gasteiger partial charge in [-0.05, 0) is 145 Å². The molecular weight excluding hydrogens is 493 g/mol. The molecule has 0 aliphatic heterocycles. The van der Waals surface area contributed by atoms with Gasteiger partial charge in [0.05, 0.1) is 6.10 Å². The zero-order valence-electron chi connectivity index (χ0n) is 25.8. The summed E-state index contributed by atoms with van der Waals surface area (Å²) in [5.41, 5.74) is 2.31. The average molecular weight is 551 g/mol. The van der Waals surface area contributed by atoms with Gasteiger partial charge in [0, 0.05) is 12.2 Å². The van der Waals surface area contributed by atoms with Crippen molar-refractivity contribution in [3.05, 3.63) is 11.6 Å². The zero-order valence-corrected chi connectivity index (χ0v) is 28.8. The number of allylic oxidation sites excluding steroid dienone is 1. The van der Waals surface area contributed by atoms with Crippen LogP contribution in [-0.4, -0.2) is 43.3 Å². The predicted octanol–water partition coefficient (Wildman–Crippen LogP) is 8.86. The highest BCUT2D eigenvalue weighted by molar-refractivity contribution is 6.70. The van der Waals surface area contributed by atoms with Gasteiger partial charge in [0.1, 0.15) is 0 Å². The van der Waals surface area contributed by atoms with Gasteiger partial charge in [-0.1, -0.05) is 25.5 Å². The van der Waals surface area contributed by atoms with Gasteiger partial charge in [-0.3, -0.25) is 0 Å². The molecule has 3 saturated carbocycles. The fourth-order valence-corrected chi connectivity index (χ4v) is 12.9. The molecule has 0 amide bonds. The van der Waals surface area contributed by atoms with Crippen molar-refractivity contribution in [2.75, 3.05) is 0 Å². The summed E-state index contributed by atoms with van der Waals surface area (Å²) in [5.74, 6) is 2.91. The molecule has 3 nitrogen and oxygen atoms in total. The monoisotopic (exact) mass is 550 g/mol. The summed E-state index contributed by atoms with van der Waals surface area (Å²) in [7, 11) is -4.79. The fourth-order valence-electron chi connectivity index (χ4n) is 9.35. The standard InChI is InChI=1S/C30H58O3Si3/c1-21(31-34(4,5)6)25-15-16-26-24-14-13-22-19-23(32-35(7,8)9)17-18-29(22,2)28(24)27(20-30(25,26)3)33-36(10,11)12/h19,21,23-28H,13-18,20H2,1-12H3/t21-,23-,24?,25+,26?,27-,28?,29-,30+/m0/s1. The van der Waals surface area contributed by atoms with Crippen LogP contribution in [0.3, 0.4) is 0 Å². The summed E-state index contributed by atoms with van der Waals surface area (Å²) in [4.78, 5) is 0. The van der Waals surface area contributed by atoms with Crippen molar-refractivity contribution < 1.29 is 13.3 Å². The zero-order chi connectivity index (χ0) is 26.9. The molecule has 0 spiro atoms.